The number of hydrogen-bond acceptors (Lipinski definition) is 3. The molecule has 5 heteroatoms. The van der Waals surface area contributed by atoms with Crippen molar-refractivity contribution in [2.24, 2.45) is 0 Å². The summed E-state index contributed by atoms with van der Waals surface area (Å²) in [4.78, 5) is 0. The molecule has 104 valence electrons. The van der Waals surface area contributed by atoms with E-state index in [4.69, 9.17) is 17.0 Å². The molecule has 0 radical (unpaired) electrons. The summed E-state index contributed by atoms with van der Waals surface area (Å²) < 4.78 is 4.98. The van der Waals surface area contributed by atoms with Crippen molar-refractivity contribution in [1.82, 2.24) is 5.32 Å². The van der Waals surface area contributed by atoms with E-state index in [2.05, 4.69) is 10.6 Å². The van der Waals surface area contributed by atoms with E-state index in [-0.39, 0.29) is 5.75 Å². The smallest absolute Gasteiger partial charge is 0.171 e. The molecule has 0 unspecified atom stereocenters. The minimum Gasteiger partial charge on any atom is -0.504 e. The lowest BCUT2D eigenvalue weighted by molar-refractivity contribution is 0.373. The molecule has 0 aromatic heterocycles. The zero-order valence-corrected chi connectivity index (χ0v) is 11.9. The number of rotatable bonds is 4. The number of ether oxygens (including phenoxy) is 1. The van der Waals surface area contributed by atoms with Crippen molar-refractivity contribution in [2.75, 3.05) is 12.4 Å². The number of hydrogen-bond donors (Lipinski definition) is 3. The van der Waals surface area contributed by atoms with Gasteiger partial charge in [-0.15, -0.1) is 0 Å². The van der Waals surface area contributed by atoms with Crippen molar-refractivity contribution in [3.05, 3.63) is 54.1 Å². The molecule has 0 amide bonds. The summed E-state index contributed by atoms with van der Waals surface area (Å²) in [6.45, 7) is 0.648. The van der Waals surface area contributed by atoms with Gasteiger partial charge in [0.25, 0.3) is 0 Å². The maximum absolute atomic E-state index is 9.68. The van der Waals surface area contributed by atoms with E-state index in [0.29, 0.717) is 23.1 Å². The van der Waals surface area contributed by atoms with E-state index in [1.54, 1.807) is 18.2 Å². The van der Waals surface area contributed by atoms with Crippen LogP contribution in [0.2, 0.25) is 0 Å². The quantitative estimate of drug-likeness (QED) is 0.755. The second kappa shape index (κ2) is 6.77. The van der Waals surface area contributed by atoms with E-state index >= 15 is 0 Å². The van der Waals surface area contributed by atoms with Crippen LogP contribution in [-0.4, -0.2) is 17.3 Å². The van der Waals surface area contributed by atoms with Crippen molar-refractivity contribution < 1.29 is 9.84 Å². The summed E-state index contributed by atoms with van der Waals surface area (Å²) in [7, 11) is 1.51. The van der Waals surface area contributed by atoms with Gasteiger partial charge in [-0.25, -0.2) is 0 Å². The predicted octanol–water partition coefficient (Wildman–Crippen LogP) is 2.89. The summed E-state index contributed by atoms with van der Waals surface area (Å²) >= 11 is 5.20. The molecule has 0 fully saturated rings. The zero-order valence-electron chi connectivity index (χ0n) is 11.1. The summed E-state index contributed by atoms with van der Waals surface area (Å²) in [5.41, 5.74) is 1.85. The van der Waals surface area contributed by atoms with Crippen molar-refractivity contribution in [2.45, 2.75) is 6.54 Å². The van der Waals surface area contributed by atoms with Crippen molar-refractivity contribution in [3.63, 3.8) is 0 Å². The summed E-state index contributed by atoms with van der Waals surface area (Å²) in [5, 5.41) is 16.3. The Morgan fingerprint density at radius 2 is 1.95 bits per heavy atom. The monoisotopic (exact) mass is 288 g/mol. The highest BCUT2D eigenvalue weighted by Crippen LogP contribution is 2.28. The third kappa shape index (κ3) is 3.86. The van der Waals surface area contributed by atoms with E-state index in [9.17, 15) is 5.11 Å². The highest BCUT2D eigenvalue weighted by atomic mass is 32.1. The fraction of sp³-hybridized carbons (Fsp3) is 0.133. The molecule has 20 heavy (non-hydrogen) atoms. The van der Waals surface area contributed by atoms with Gasteiger partial charge in [-0.3, -0.25) is 0 Å². The first-order chi connectivity index (χ1) is 9.69. The summed E-state index contributed by atoms with van der Waals surface area (Å²) in [5.74, 6) is 0.502. The topological polar surface area (TPSA) is 53.5 Å². The molecule has 0 bridgehead atoms. The molecule has 2 aromatic carbocycles. The van der Waals surface area contributed by atoms with E-state index in [0.717, 1.165) is 5.56 Å². The van der Waals surface area contributed by atoms with Crippen molar-refractivity contribution in [1.29, 1.82) is 0 Å². The maximum Gasteiger partial charge on any atom is 0.171 e. The Kier molecular flexibility index (Phi) is 4.79. The minimum atomic E-state index is 0.0726. The number of phenolic OH excluding ortho intramolecular Hbond substituents is 1. The molecule has 0 heterocycles. The van der Waals surface area contributed by atoms with Gasteiger partial charge in [0.15, 0.2) is 16.6 Å². The zero-order chi connectivity index (χ0) is 14.4. The molecule has 0 saturated heterocycles. The first-order valence-corrected chi connectivity index (χ1v) is 6.55. The molecule has 0 aliphatic heterocycles. The molecular formula is C15H16N2O2S. The number of methoxy groups -OCH3 is 1. The molecule has 2 rings (SSSR count). The first kappa shape index (κ1) is 14.1. The van der Waals surface area contributed by atoms with Crippen molar-refractivity contribution in [3.8, 4) is 11.5 Å². The Morgan fingerprint density at radius 3 is 2.60 bits per heavy atom. The van der Waals surface area contributed by atoms with Crippen LogP contribution in [0.15, 0.2) is 48.5 Å². The molecular weight excluding hydrogens is 272 g/mol. The van der Waals surface area contributed by atoms with Gasteiger partial charge in [0.2, 0.25) is 0 Å². The van der Waals surface area contributed by atoms with Gasteiger partial charge in [0, 0.05) is 18.3 Å². The summed E-state index contributed by atoms with van der Waals surface area (Å²) in [6, 6.07) is 15.0. The van der Waals surface area contributed by atoms with Crippen LogP contribution in [0.5, 0.6) is 11.5 Å². The third-order valence-electron chi connectivity index (χ3n) is 2.73. The van der Waals surface area contributed by atoms with Gasteiger partial charge in [-0.1, -0.05) is 30.3 Å². The van der Waals surface area contributed by atoms with E-state index in [1.807, 2.05) is 30.3 Å². The second-order valence-corrected chi connectivity index (χ2v) is 4.59. The largest absolute Gasteiger partial charge is 0.504 e. The Labute approximate surface area is 123 Å². The first-order valence-electron chi connectivity index (χ1n) is 6.15. The van der Waals surface area contributed by atoms with Crippen LogP contribution in [0, 0.1) is 0 Å². The van der Waals surface area contributed by atoms with Gasteiger partial charge in [0.05, 0.1) is 7.11 Å². The Balaban J connectivity index is 1.90. The Hall–Kier alpha value is -2.27. The van der Waals surface area contributed by atoms with E-state index in [1.165, 1.54) is 7.11 Å². The average Bonchev–Trinajstić information content (AvgIpc) is 2.46. The fourth-order valence-corrected chi connectivity index (χ4v) is 1.91. The molecule has 2 aromatic rings. The van der Waals surface area contributed by atoms with Crippen LogP contribution < -0.4 is 15.4 Å². The van der Waals surface area contributed by atoms with Gasteiger partial charge in [0.1, 0.15) is 0 Å². The number of benzene rings is 2. The molecule has 0 aliphatic carbocycles. The van der Waals surface area contributed by atoms with Crippen LogP contribution in [0.1, 0.15) is 5.56 Å². The van der Waals surface area contributed by atoms with Crippen LogP contribution in [-0.2, 0) is 6.54 Å². The number of thiocarbonyl (C=S) groups is 1. The molecule has 4 nitrogen and oxygen atoms in total. The average molecular weight is 288 g/mol. The van der Waals surface area contributed by atoms with Crippen LogP contribution in [0.3, 0.4) is 0 Å². The lowest BCUT2D eigenvalue weighted by Gasteiger charge is -2.11. The third-order valence-corrected chi connectivity index (χ3v) is 2.98. The fourth-order valence-electron chi connectivity index (χ4n) is 1.72. The standard InChI is InChI=1S/C15H16N2O2S/c1-19-14-8-7-12(9-13(14)18)17-15(20)16-10-11-5-3-2-4-6-11/h2-9,18H,10H2,1H3,(H2,16,17,20). The Morgan fingerprint density at radius 1 is 1.20 bits per heavy atom. The molecule has 3 N–H and O–H groups in total. The summed E-state index contributed by atoms with van der Waals surface area (Å²) in [6.07, 6.45) is 0. The predicted molar refractivity (Wildman–Crippen MR) is 84.2 cm³/mol. The molecule has 0 spiro atoms. The number of aromatic hydroxyl groups is 1. The van der Waals surface area contributed by atoms with Gasteiger partial charge in [-0.2, -0.15) is 0 Å². The van der Waals surface area contributed by atoms with Gasteiger partial charge >= 0.3 is 0 Å². The minimum absolute atomic E-state index is 0.0726. The lowest BCUT2D eigenvalue weighted by Crippen LogP contribution is -2.27. The second-order valence-electron chi connectivity index (χ2n) is 4.18. The van der Waals surface area contributed by atoms with Gasteiger partial charge < -0.3 is 20.5 Å². The van der Waals surface area contributed by atoms with E-state index < -0.39 is 0 Å². The van der Waals surface area contributed by atoms with Crippen LogP contribution in [0.25, 0.3) is 0 Å². The Bertz CT molecular complexity index is 588. The normalized spacial score (nSPS) is 9.85. The van der Waals surface area contributed by atoms with Gasteiger partial charge in [-0.05, 0) is 29.9 Å². The van der Waals surface area contributed by atoms with Crippen molar-refractivity contribution >= 4 is 23.0 Å². The SMILES string of the molecule is COc1ccc(NC(=S)NCc2ccccc2)cc1O. The lowest BCUT2D eigenvalue weighted by atomic mass is 10.2. The number of phenols is 1. The number of nitrogens with one attached hydrogen (secondary N) is 2. The highest BCUT2D eigenvalue weighted by Gasteiger charge is 2.03. The molecule has 0 aliphatic rings. The highest BCUT2D eigenvalue weighted by molar-refractivity contribution is 7.80. The van der Waals surface area contributed by atoms with Crippen LogP contribution in [0.4, 0.5) is 5.69 Å². The maximum atomic E-state index is 9.68. The van der Waals surface area contributed by atoms with Crippen LogP contribution >= 0.6 is 12.2 Å². The molecule has 0 atom stereocenters. The molecule has 0 saturated carbocycles. The number of anilines is 1.